The number of amides is 1. The quantitative estimate of drug-likeness (QED) is 0.820. The van der Waals surface area contributed by atoms with Gasteiger partial charge in [0.25, 0.3) is 0 Å². The maximum Gasteiger partial charge on any atom is 0.401 e. The van der Waals surface area contributed by atoms with Crippen LogP contribution in [0.25, 0.3) is 0 Å². The first kappa shape index (κ1) is 16.3. The molecule has 9 heteroatoms. The van der Waals surface area contributed by atoms with Crippen molar-refractivity contribution in [3.8, 4) is 0 Å². The third-order valence-corrected chi connectivity index (χ3v) is 2.37. The largest absolute Gasteiger partial charge is 0.401 e. The number of alkyl halides is 3. The summed E-state index contributed by atoms with van der Waals surface area (Å²) in [5, 5.41) is 11.9. The lowest BCUT2D eigenvalue weighted by Gasteiger charge is -2.09. The number of hydrogen-bond donors (Lipinski definition) is 2. The molecule has 0 saturated heterocycles. The molecule has 0 spiro atoms. The number of halogens is 3. The number of aromatic nitrogens is 3. The average Bonchev–Trinajstić information content (AvgIpc) is 2.37. The fourth-order valence-corrected chi connectivity index (χ4v) is 1.48. The monoisotopic (exact) mass is 291 g/mol. The standard InChI is InChI=1S/C11H16F3N5O/c1-3-7-8(4-2)18-19-10(16-7)17-9(20)5-15-6-11(12,13)14/h15H,3-6H2,1-2H3,(H,16,17,19,20). The Morgan fingerprint density at radius 3 is 2.35 bits per heavy atom. The first-order chi connectivity index (χ1) is 9.35. The second-order valence-electron chi connectivity index (χ2n) is 4.00. The summed E-state index contributed by atoms with van der Waals surface area (Å²) in [4.78, 5) is 15.5. The van der Waals surface area contributed by atoms with E-state index in [2.05, 4.69) is 20.5 Å². The molecule has 0 aromatic carbocycles. The lowest BCUT2D eigenvalue weighted by Crippen LogP contribution is -2.35. The van der Waals surface area contributed by atoms with Gasteiger partial charge in [-0.1, -0.05) is 13.8 Å². The summed E-state index contributed by atoms with van der Waals surface area (Å²) in [5.74, 6) is -0.653. The molecule has 0 saturated carbocycles. The third-order valence-electron chi connectivity index (χ3n) is 2.37. The van der Waals surface area contributed by atoms with Crippen LogP contribution in [-0.2, 0) is 17.6 Å². The predicted octanol–water partition coefficient (Wildman–Crippen LogP) is 1.09. The Kier molecular flexibility index (Phi) is 5.81. The van der Waals surface area contributed by atoms with E-state index in [0.29, 0.717) is 18.5 Å². The predicted molar refractivity (Wildman–Crippen MR) is 66.1 cm³/mol. The van der Waals surface area contributed by atoms with E-state index in [9.17, 15) is 18.0 Å². The van der Waals surface area contributed by atoms with Crippen molar-refractivity contribution in [1.82, 2.24) is 20.5 Å². The molecule has 112 valence electrons. The number of nitrogens with one attached hydrogen (secondary N) is 2. The van der Waals surface area contributed by atoms with Crippen molar-refractivity contribution >= 4 is 11.9 Å². The van der Waals surface area contributed by atoms with Gasteiger partial charge in [-0.2, -0.15) is 13.2 Å². The highest BCUT2D eigenvalue weighted by molar-refractivity contribution is 5.90. The van der Waals surface area contributed by atoms with E-state index in [1.807, 2.05) is 19.2 Å². The first-order valence-electron chi connectivity index (χ1n) is 6.15. The second kappa shape index (κ2) is 7.13. The summed E-state index contributed by atoms with van der Waals surface area (Å²) in [6.07, 6.45) is -3.05. The minimum absolute atomic E-state index is 0.00198. The Hall–Kier alpha value is -1.77. The highest BCUT2D eigenvalue weighted by atomic mass is 19.4. The van der Waals surface area contributed by atoms with Crippen LogP contribution in [0.1, 0.15) is 25.2 Å². The smallest absolute Gasteiger partial charge is 0.300 e. The van der Waals surface area contributed by atoms with Gasteiger partial charge in [0.2, 0.25) is 11.9 Å². The number of carbonyl (C=O) groups excluding carboxylic acids is 1. The normalized spacial score (nSPS) is 11.4. The second-order valence-corrected chi connectivity index (χ2v) is 4.00. The van der Waals surface area contributed by atoms with Crippen LogP contribution < -0.4 is 10.6 Å². The van der Waals surface area contributed by atoms with Gasteiger partial charge in [0.15, 0.2) is 0 Å². The molecule has 1 aromatic heterocycles. The average molecular weight is 291 g/mol. The Bertz CT molecular complexity index is 464. The Labute approximate surface area is 114 Å². The third kappa shape index (κ3) is 5.47. The molecule has 0 fully saturated rings. The van der Waals surface area contributed by atoms with Crippen molar-refractivity contribution in [3.05, 3.63) is 11.4 Å². The summed E-state index contributed by atoms with van der Waals surface area (Å²) in [6.45, 7) is 2.10. The molecular formula is C11H16F3N5O. The van der Waals surface area contributed by atoms with Gasteiger partial charge >= 0.3 is 6.18 Å². The Morgan fingerprint density at radius 1 is 1.15 bits per heavy atom. The lowest BCUT2D eigenvalue weighted by molar-refractivity contribution is -0.127. The van der Waals surface area contributed by atoms with Gasteiger partial charge < -0.3 is 5.32 Å². The molecule has 6 nitrogen and oxygen atoms in total. The Balaban J connectivity index is 2.54. The van der Waals surface area contributed by atoms with E-state index in [4.69, 9.17) is 0 Å². The van der Waals surface area contributed by atoms with Crippen LogP contribution in [0.15, 0.2) is 0 Å². The molecule has 1 amide bonds. The molecule has 0 unspecified atom stereocenters. The summed E-state index contributed by atoms with van der Waals surface area (Å²) in [5.41, 5.74) is 1.45. The van der Waals surface area contributed by atoms with E-state index < -0.39 is 25.2 Å². The highest BCUT2D eigenvalue weighted by Gasteiger charge is 2.26. The molecule has 1 aromatic rings. The maximum atomic E-state index is 11.9. The topological polar surface area (TPSA) is 79.8 Å². The number of carbonyl (C=O) groups is 1. The van der Waals surface area contributed by atoms with Crippen molar-refractivity contribution in [2.75, 3.05) is 18.4 Å². The SMILES string of the molecule is CCc1nnc(NC(=O)CNCC(F)(F)F)nc1CC. The number of nitrogens with zero attached hydrogens (tertiary/aromatic N) is 3. The van der Waals surface area contributed by atoms with Gasteiger partial charge in [-0.05, 0) is 12.8 Å². The van der Waals surface area contributed by atoms with Crippen molar-refractivity contribution in [1.29, 1.82) is 0 Å². The van der Waals surface area contributed by atoms with Crippen LogP contribution in [-0.4, -0.2) is 40.4 Å². The summed E-state index contributed by atoms with van der Waals surface area (Å²) in [6, 6.07) is 0. The molecule has 20 heavy (non-hydrogen) atoms. The molecule has 0 aliphatic carbocycles. The molecule has 0 bridgehead atoms. The van der Waals surface area contributed by atoms with Gasteiger partial charge in [-0.3, -0.25) is 10.1 Å². The van der Waals surface area contributed by atoms with E-state index >= 15 is 0 Å². The van der Waals surface area contributed by atoms with Gasteiger partial charge in [0, 0.05) is 0 Å². The molecule has 1 rings (SSSR count). The van der Waals surface area contributed by atoms with E-state index in [-0.39, 0.29) is 5.95 Å². The molecular weight excluding hydrogens is 275 g/mol. The van der Waals surface area contributed by atoms with Crippen LogP contribution in [0.2, 0.25) is 0 Å². The number of hydrogen-bond acceptors (Lipinski definition) is 5. The van der Waals surface area contributed by atoms with Gasteiger partial charge in [-0.25, -0.2) is 4.98 Å². The zero-order valence-corrected chi connectivity index (χ0v) is 11.2. The minimum Gasteiger partial charge on any atom is -0.300 e. The van der Waals surface area contributed by atoms with Crippen molar-refractivity contribution < 1.29 is 18.0 Å². The van der Waals surface area contributed by atoms with Gasteiger partial charge in [0.05, 0.1) is 24.5 Å². The lowest BCUT2D eigenvalue weighted by atomic mass is 10.2. The van der Waals surface area contributed by atoms with E-state index in [0.717, 1.165) is 5.69 Å². The first-order valence-corrected chi connectivity index (χ1v) is 6.15. The maximum absolute atomic E-state index is 11.9. The fourth-order valence-electron chi connectivity index (χ4n) is 1.48. The fraction of sp³-hybridized carbons (Fsp3) is 0.636. The van der Waals surface area contributed by atoms with E-state index in [1.54, 1.807) is 0 Å². The zero-order valence-electron chi connectivity index (χ0n) is 11.2. The molecule has 0 atom stereocenters. The highest BCUT2D eigenvalue weighted by Crippen LogP contribution is 2.12. The molecule has 0 radical (unpaired) electrons. The molecule has 1 heterocycles. The van der Waals surface area contributed by atoms with Crippen molar-refractivity contribution in [3.63, 3.8) is 0 Å². The van der Waals surface area contributed by atoms with Crippen molar-refractivity contribution in [2.45, 2.75) is 32.9 Å². The van der Waals surface area contributed by atoms with Crippen LogP contribution in [0.4, 0.5) is 19.1 Å². The number of anilines is 1. The minimum atomic E-state index is -4.35. The summed E-state index contributed by atoms with van der Waals surface area (Å²) < 4.78 is 35.7. The van der Waals surface area contributed by atoms with Crippen LogP contribution in [0, 0.1) is 0 Å². The molecule has 0 aliphatic heterocycles. The van der Waals surface area contributed by atoms with Crippen LogP contribution in [0.3, 0.4) is 0 Å². The molecule has 0 aliphatic rings. The van der Waals surface area contributed by atoms with Crippen molar-refractivity contribution in [2.24, 2.45) is 0 Å². The summed E-state index contributed by atoms with van der Waals surface area (Å²) in [7, 11) is 0. The number of aryl methyl sites for hydroxylation is 2. The zero-order chi connectivity index (χ0) is 15.2. The van der Waals surface area contributed by atoms with Crippen LogP contribution in [0.5, 0.6) is 0 Å². The van der Waals surface area contributed by atoms with Gasteiger partial charge in [-0.15, -0.1) is 10.2 Å². The molecule has 2 N–H and O–H groups in total. The Morgan fingerprint density at radius 2 is 1.80 bits per heavy atom. The van der Waals surface area contributed by atoms with E-state index in [1.165, 1.54) is 0 Å². The summed E-state index contributed by atoms with van der Waals surface area (Å²) >= 11 is 0. The van der Waals surface area contributed by atoms with Crippen LogP contribution >= 0.6 is 0 Å². The van der Waals surface area contributed by atoms with Gasteiger partial charge in [0.1, 0.15) is 0 Å². The number of rotatable bonds is 6.